The van der Waals surface area contributed by atoms with E-state index in [4.69, 9.17) is 0 Å². The van der Waals surface area contributed by atoms with Gasteiger partial charge in [0.2, 0.25) is 0 Å². The molecule has 4 heteroatoms. The first-order valence-corrected chi connectivity index (χ1v) is 7.34. The minimum absolute atomic E-state index is 0.423. The molecule has 0 heterocycles. The Labute approximate surface area is 118 Å². The molecule has 1 saturated carbocycles. The molecule has 1 fully saturated rings. The van der Waals surface area contributed by atoms with Crippen LogP contribution in [-0.4, -0.2) is 13.1 Å². The number of alkyl halides is 3. The van der Waals surface area contributed by atoms with Crippen LogP contribution in [-0.2, 0) is 12.6 Å². The molecule has 0 amide bonds. The van der Waals surface area contributed by atoms with Crippen LogP contribution in [0.25, 0.3) is 0 Å². The van der Waals surface area contributed by atoms with Crippen LogP contribution in [0.1, 0.15) is 43.2 Å². The Morgan fingerprint density at radius 3 is 2.55 bits per heavy atom. The maximum atomic E-state index is 12.7. The molecule has 0 aromatic heterocycles. The molecule has 1 aromatic rings. The number of hydrogen-bond acceptors (Lipinski definition) is 1. The minimum atomic E-state index is -4.25. The fourth-order valence-corrected chi connectivity index (χ4v) is 3.20. The van der Waals surface area contributed by atoms with E-state index in [2.05, 4.69) is 5.32 Å². The second-order valence-electron chi connectivity index (χ2n) is 5.68. The molecule has 1 unspecified atom stereocenters. The number of hydrogen-bond donors (Lipinski definition) is 1. The van der Waals surface area contributed by atoms with Crippen molar-refractivity contribution in [2.75, 3.05) is 7.05 Å². The first kappa shape index (κ1) is 15.4. The third-order valence-corrected chi connectivity index (χ3v) is 4.34. The summed E-state index contributed by atoms with van der Waals surface area (Å²) in [6.07, 6.45) is 2.42. The largest absolute Gasteiger partial charge is 0.416 e. The monoisotopic (exact) mass is 285 g/mol. The lowest BCUT2D eigenvalue weighted by Gasteiger charge is -2.23. The fraction of sp³-hybridized carbons (Fsp3) is 0.625. The van der Waals surface area contributed by atoms with Gasteiger partial charge in [-0.05, 0) is 50.3 Å². The van der Waals surface area contributed by atoms with E-state index in [0.29, 0.717) is 18.4 Å². The zero-order valence-corrected chi connectivity index (χ0v) is 11.8. The highest BCUT2D eigenvalue weighted by Gasteiger charge is 2.30. The zero-order chi connectivity index (χ0) is 14.6. The van der Waals surface area contributed by atoms with Crippen LogP contribution < -0.4 is 5.32 Å². The second-order valence-corrected chi connectivity index (χ2v) is 5.68. The van der Waals surface area contributed by atoms with Crippen molar-refractivity contribution >= 4 is 0 Å². The first-order chi connectivity index (χ1) is 9.50. The average molecular weight is 285 g/mol. The molecule has 0 radical (unpaired) electrons. The molecule has 0 spiro atoms. The van der Waals surface area contributed by atoms with Gasteiger partial charge in [-0.2, -0.15) is 13.2 Å². The molecule has 1 aromatic carbocycles. The van der Waals surface area contributed by atoms with E-state index in [0.717, 1.165) is 18.1 Å². The van der Waals surface area contributed by atoms with Crippen LogP contribution in [0.2, 0.25) is 0 Å². The molecule has 1 aliphatic carbocycles. The van der Waals surface area contributed by atoms with Gasteiger partial charge in [0, 0.05) is 6.04 Å². The summed E-state index contributed by atoms with van der Waals surface area (Å²) < 4.78 is 38.0. The highest BCUT2D eigenvalue weighted by atomic mass is 19.4. The van der Waals surface area contributed by atoms with Crippen molar-refractivity contribution in [2.45, 2.75) is 50.7 Å². The van der Waals surface area contributed by atoms with Crippen molar-refractivity contribution in [1.29, 1.82) is 0 Å². The maximum absolute atomic E-state index is 12.7. The molecule has 112 valence electrons. The van der Waals surface area contributed by atoms with E-state index < -0.39 is 11.7 Å². The Balaban J connectivity index is 1.95. The van der Waals surface area contributed by atoms with Gasteiger partial charge in [0.05, 0.1) is 5.56 Å². The molecule has 0 saturated heterocycles. The van der Waals surface area contributed by atoms with Crippen LogP contribution in [0.3, 0.4) is 0 Å². The zero-order valence-electron chi connectivity index (χ0n) is 11.8. The molecule has 1 nitrogen and oxygen atoms in total. The molecule has 20 heavy (non-hydrogen) atoms. The van der Waals surface area contributed by atoms with Gasteiger partial charge in [-0.3, -0.25) is 0 Å². The summed E-state index contributed by atoms with van der Waals surface area (Å²) in [5.41, 5.74) is 0.231. The minimum Gasteiger partial charge on any atom is -0.317 e. The van der Waals surface area contributed by atoms with E-state index in [1.54, 1.807) is 6.07 Å². The summed E-state index contributed by atoms with van der Waals surface area (Å²) in [5.74, 6) is 0.686. The lowest BCUT2D eigenvalue weighted by molar-refractivity contribution is -0.137. The van der Waals surface area contributed by atoms with Crippen molar-refractivity contribution in [3.8, 4) is 0 Å². The average Bonchev–Trinajstić information content (AvgIpc) is 2.93. The van der Waals surface area contributed by atoms with Crippen molar-refractivity contribution < 1.29 is 13.2 Å². The number of aryl methyl sites for hydroxylation is 1. The summed E-state index contributed by atoms with van der Waals surface area (Å²) in [4.78, 5) is 0. The first-order valence-electron chi connectivity index (χ1n) is 7.34. The highest BCUT2D eigenvalue weighted by molar-refractivity contribution is 5.25. The third-order valence-electron chi connectivity index (χ3n) is 4.34. The summed E-state index contributed by atoms with van der Waals surface area (Å²) >= 11 is 0. The van der Waals surface area contributed by atoms with E-state index in [-0.39, 0.29) is 0 Å². The van der Waals surface area contributed by atoms with Crippen LogP contribution in [0.4, 0.5) is 13.2 Å². The van der Waals surface area contributed by atoms with Gasteiger partial charge in [0.15, 0.2) is 0 Å². The lowest BCUT2D eigenvalue weighted by Crippen LogP contribution is -2.32. The maximum Gasteiger partial charge on any atom is 0.416 e. The summed E-state index contributed by atoms with van der Waals surface area (Å²) in [6.45, 7) is 0. The smallest absolute Gasteiger partial charge is 0.317 e. The molecular weight excluding hydrogens is 263 g/mol. The Kier molecular flexibility index (Phi) is 5.08. The number of benzene rings is 1. The molecule has 1 aliphatic rings. The summed E-state index contributed by atoms with van der Waals surface area (Å²) in [6, 6.07) is 6.13. The van der Waals surface area contributed by atoms with Crippen molar-refractivity contribution in [3.63, 3.8) is 0 Å². The number of rotatable bonds is 5. The van der Waals surface area contributed by atoms with Crippen LogP contribution in [0, 0.1) is 5.92 Å². The Bertz CT molecular complexity index is 422. The summed E-state index contributed by atoms with van der Waals surface area (Å²) in [7, 11) is 1.95. The standard InChI is InChI=1S/C16H22F3N/c1-20-15(13-6-2-3-7-13)10-9-12-5-4-8-14(11-12)16(17,18)19/h4-5,8,11,13,15,20H,2-3,6-7,9-10H2,1H3. The third kappa shape index (κ3) is 3.98. The van der Waals surface area contributed by atoms with Gasteiger partial charge in [0.1, 0.15) is 0 Å². The quantitative estimate of drug-likeness (QED) is 0.844. The van der Waals surface area contributed by atoms with Crippen molar-refractivity contribution in [1.82, 2.24) is 5.32 Å². The molecule has 0 aliphatic heterocycles. The molecular formula is C16H22F3N. The topological polar surface area (TPSA) is 12.0 Å². The predicted molar refractivity (Wildman–Crippen MR) is 74.6 cm³/mol. The van der Waals surface area contributed by atoms with E-state index in [9.17, 15) is 13.2 Å². The van der Waals surface area contributed by atoms with Crippen LogP contribution in [0.5, 0.6) is 0 Å². The molecule has 0 bridgehead atoms. The number of halogens is 3. The van der Waals surface area contributed by atoms with Gasteiger partial charge < -0.3 is 5.32 Å². The molecule has 2 rings (SSSR count). The Morgan fingerprint density at radius 1 is 1.25 bits per heavy atom. The Morgan fingerprint density at radius 2 is 1.95 bits per heavy atom. The van der Waals surface area contributed by atoms with Gasteiger partial charge in [-0.15, -0.1) is 0 Å². The lowest BCUT2D eigenvalue weighted by atomic mass is 9.92. The highest BCUT2D eigenvalue weighted by Crippen LogP contribution is 2.31. The van der Waals surface area contributed by atoms with Crippen molar-refractivity contribution in [3.05, 3.63) is 35.4 Å². The normalized spacial score (nSPS) is 18.4. The SMILES string of the molecule is CNC(CCc1cccc(C(F)(F)F)c1)C1CCCC1. The van der Waals surface area contributed by atoms with Gasteiger partial charge in [0.25, 0.3) is 0 Å². The van der Waals surface area contributed by atoms with E-state index in [1.807, 2.05) is 7.05 Å². The molecule has 1 atom stereocenters. The van der Waals surface area contributed by atoms with Crippen LogP contribution in [0.15, 0.2) is 24.3 Å². The second kappa shape index (κ2) is 6.61. The number of nitrogens with one attached hydrogen (secondary N) is 1. The van der Waals surface area contributed by atoms with Gasteiger partial charge in [-0.25, -0.2) is 0 Å². The van der Waals surface area contributed by atoms with E-state index >= 15 is 0 Å². The van der Waals surface area contributed by atoms with Crippen molar-refractivity contribution in [2.24, 2.45) is 5.92 Å². The molecule has 1 N–H and O–H groups in total. The van der Waals surface area contributed by atoms with E-state index in [1.165, 1.54) is 37.8 Å². The summed E-state index contributed by atoms with van der Waals surface area (Å²) in [5, 5.41) is 3.34. The van der Waals surface area contributed by atoms with Gasteiger partial charge in [-0.1, -0.05) is 31.0 Å². The fourth-order valence-electron chi connectivity index (χ4n) is 3.20. The predicted octanol–water partition coefficient (Wildman–Crippen LogP) is 4.42. The van der Waals surface area contributed by atoms with Crippen LogP contribution >= 0.6 is 0 Å². The van der Waals surface area contributed by atoms with Gasteiger partial charge >= 0.3 is 6.18 Å². The Hall–Kier alpha value is -1.03.